The number of carbonyl (C=O) groups excluding carboxylic acids is 1. The predicted molar refractivity (Wildman–Crippen MR) is 60.6 cm³/mol. The third-order valence-corrected chi connectivity index (χ3v) is 2.46. The molecule has 0 aromatic heterocycles. The van der Waals surface area contributed by atoms with E-state index in [4.69, 9.17) is 4.74 Å². The lowest BCUT2D eigenvalue weighted by Crippen LogP contribution is -2.16. The fraction of sp³-hybridized carbons (Fsp3) is 0.750. The first kappa shape index (κ1) is 14.2. The highest BCUT2D eigenvalue weighted by atomic mass is 16.5. The minimum atomic E-state index is -0.265. The number of esters is 1. The van der Waals surface area contributed by atoms with Gasteiger partial charge in [0.05, 0.1) is 19.8 Å². The number of methoxy groups -OCH3 is 1. The van der Waals surface area contributed by atoms with Gasteiger partial charge in [-0.2, -0.15) is 0 Å². The molecule has 3 nitrogen and oxygen atoms in total. The average Bonchev–Trinajstić information content (AvgIpc) is 2.22. The number of ether oxygens (including phenoxy) is 2. The van der Waals surface area contributed by atoms with Gasteiger partial charge in [-0.05, 0) is 25.3 Å². The van der Waals surface area contributed by atoms with Gasteiger partial charge < -0.3 is 9.47 Å². The maximum absolute atomic E-state index is 11.2. The standard InChI is InChI=1S/C12H22O3/c1-6-11(12(13)14-5)7-8-15-10(4)9(2)3/h7,9-10H,6,8H2,1-5H3. The average molecular weight is 214 g/mol. The van der Waals surface area contributed by atoms with Crippen LogP contribution < -0.4 is 0 Å². The first-order valence-corrected chi connectivity index (χ1v) is 5.41. The maximum atomic E-state index is 11.2. The van der Waals surface area contributed by atoms with Crippen molar-refractivity contribution in [1.29, 1.82) is 0 Å². The Kier molecular flexibility index (Phi) is 7.05. The van der Waals surface area contributed by atoms with Crippen molar-refractivity contribution in [1.82, 2.24) is 0 Å². The predicted octanol–water partition coefficient (Wildman–Crippen LogP) is 2.56. The molecule has 0 spiro atoms. The Morgan fingerprint density at radius 2 is 1.93 bits per heavy atom. The second-order valence-electron chi connectivity index (χ2n) is 3.86. The molecular weight excluding hydrogens is 192 g/mol. The summed E-state index contributed by atoms with van der Waals surface area (Å²) < 4.78 is 10.2. The Hall–Kier alpha value is -0.830. The van der Waals surface area contributed by atoms with Gasteiger partial charge >= 0.3 is 5.97 Å². The van der Waals surface area contributed by atoms with Crippen LogP contribution in [0.25, 0.3) is 0 Å². The van der Waals surface area contributed by atoms with Crippen LogP contribution in [0.4, 0.5) is 0 Å². The molecule has 0 fully saturated rings. The fourth-order valence-corrected chi connectivity index (χ4v) is 0.996. The molecule has 0 amide bonds. The second kappa shape index (κ2) is 7.46. The number of carbonyl (C=O) groups is 1. The molecule has 0 bridgehead atoms. The molecule has 1 unspecified atom stereocenters. The smallest absolute Gasteiger partial charge is 0.333 e. The number of rotatable bonds is 6. The van der Waals surface area contributed by atoms with E-state index in [0.717, 1.165) is 0 Å². The van der Waals surface area contributed by atoms with E-state index in [2.05, 4.69) is 18.6 Å². The van der Waals surface area contributed by atoms with Crippen LogP contribution in [0.15, 0.2) is 11.6 Å². The summed E-state index contributed by atoms with van der Waals surface area (Å²) in [5.74, 6) is 0.222. The third-order valence-electron chi connectivity index (χ3n) is 2.46. The Labute approximate surface area is 92.5 Å². The van der Waals surface area contributed by atoms with E-state index in [1.807, 2.05) is 13.8 Å². The summed E-state index contributed by atoms with van der Waals surface area (Å²) in [5, 5.41) is 0. The number of hydrogen-bond donors (Lipinski definition) is 0. The van der Waals surface area contributed by atoms with Crippen molar-refractivity contribution in [2.24, 2.45) is 5.92 Å². The van der Waals surface area contributed by atoms with E-state index >= 15 is 0 Å². The number of hydrogen-bond acceptors (Lipinski definition) is 3. The van der Waals surface area contributed by atoms with Gasteiger partial charge in [-0.25, -0.2) is 4.79 Å². The molecule has 1 atom stereocenters. The first-order valence-electron chi connectivity index (χ1n) is 5.41. The van der Waals surface area contributed by atoms with Crippen molar-refractivity contribution in [2.45, 2.75) is 40.2 Å². The molecule has 0 aliphatic rings. The molecule has 88 valence electrons. The minimum Gasteiger partial charge on any atom is -0.466 e. The molecule has 0 rings (SSSR count). The van der Waals surface area contributed by atoms with Crippen LogP contribution in [0.3, 0.4) is 0 Å². The van der Waals surface area contributed by atoms with Crippen molar-refractivity contribution in [3.05, 3.63) is 11.6 Å². The maximum Gasteiger partial charge on any atom is 0.333 e. The van der Waals surface area contributed by atoms with Crippen molar-refractivity contribution in [3.63, 3.8) is 0 Å². The second-order valence-corrected chi connectivity index (χ2v) is 3.86. The van der Waals surface area contributed by atoms with Crippen molar-refractivity contribution in [2.75, 3.05) is 13.7 Å². The lowest BCUT2D eigenvalue weighted by Gasteiger charge is -2.15. The molecule has 3 heteroatoms. The molecule has 0 heterocycles. The van der Waals surface area contributed by atoms with E-state index in [1.165, 1.54) is 7.11 Å². The zero-order chi connectivity index (χ0) is 11.8. The van der Waals surface area contributed by atoms with Crippen LogP contribution in [0.5, 0.6) is 0 Å². The summed E-state index contributed by atoms with van der Waals surface area (Å²) in [7, 11) is 1.39. The van der Waals surface area contributed by atoms with E-state index in [0.29, 0.717) is 24.5 Å². The monoisotopic (exact) mass is 214 g/mol. The lowest BCUT2D eigenvalue weighted by atomic mass is 10.1. The van der Waals surface area contributed by atoms with Gasteiger partial charge in [-0.1, -0.05) is 20.8 Å². The molecule has 0 aromatic rings. The molecule has 0 saturated heterocycles. The summed E-state index contributed by atoms with van der Waals surface area (Å²) in [6, 6.07) is 0. The molecule has 15 heavy (non-hydrogen) atoms. The molecule has 0 aliphatic heterocycles. The summed E-state index contributed by atoms with van der Waals surface area (Å²) in [4.78, 5) is 11.2. The first-order chi connectivity index (χ1) is 7.02. The SMILES string of the molecule is CCC(=CCOC(C)C(C)C)C(=O)OC. The summed E-state index contributed by atoms with van der Waals surface area (Å²) >= 11 is 0. The Bertz CT molecular complexity index is 219. The van der Waals surface area contributed by atoms with Crippen LogP contribution in [-0.2, 0) is 14.3 Å². The van der Waals surface area contributed by atoms with Gasteiger partial charge in [0.1, 0.15) is 0 Å². The van der Waals surface area contributed by atoms with Crippen LogP contribution in [-0.4, -0.2) is 25.8 Å². The van der Waals surface area contributed by atoms with Gasteiger partial charge in [0.25, 0.3) is 0 Å². The molecule has 0 N–H and O–H groups in total. The van der Waals surface area contributed by atoms with Crippen LogP contribution in [0, 0.1) is 5.92 Å². The molecule has 0 radical (unpaired) electrons. The van der Waals surface area contributed by atoms with Crippen LogP contribution in [0.2, 0.25) is 0 Å². The summed E-state index contributed by atoms with van der Waals surface area (Å²) in [6.45, 7) is 8.64. The van der Waals surface area contributed by atoms with E-state index in [9.17, 15) is 4.79 Å². The van der Waals surface area contributed by atoms with E-state index in [1.54, 1.807) is 6.08 Å². The zero-order valence-electron chi connectivity index (χ0n) is 10.4. The largest absolute Gasteiger partial charge is 0.466 e. The molecule has 0 aromatic carbocycles. The van der Waals surface area contributed by atoms with Gasteiger partial charge in [-0.15, -0.1) is 0 Å². The summed E-state index contributed by atoms with van der Waals surface area (Å²) in [6.07, 6.45) is 2.67. The zero-order valence-corrected chi connectivity index (χ0v) is 10.4. The van der Waals surface area contributed by atoms with Crippen molar-refractivity contribution >= 4 is 5.97 Å². The molecule has 0 aliphatic carbocycles. The highest BCUT2D eigenvalue weighted by Gasteiger charge is 2.08. The quantitative estimate of drug-likeness (QED) is 0.503. The highest BCUT2D eigenvalue weighted by molar-refractivity contribution is 5.88. The Morgan fingerprint density at radius 3 is 2.33 bits per heavy atom. The Morgan fingerprint density at radius 1 is 1.33 bits per heavy atom. The van der Waals surface area contributed by atoms with Gasteiger partial charge in [-0.3, -0.25) is 0 Å². The van der Waals surface area contributed by atoms with E-state index in [-0.39, 0.29) is 12.1 Å². The lowest BCUT2D eigenvalue weighted by molar-refractivity contribution is -0.136. The van der Waals surface area contributed by atoms with Crippen LogP contribution >= 0.6 is 0 Å². The van der Waals surface area contributed by atoms with Crippen molar-refractivity contribution < 1.29 is 14.3 Å². The van der Waals surface area contributed by atoms with Gasteiger partial charge in [0, 0.05) is 5.57 Å². The van der Waals surface area contributed by atoms with Crippen LogP contribution in [0.1, 0.15) is 34.1 Å². The fourth-order valence-electron chi connectivity index (χ4n) is 0.996. The van der Waals surface area contributed by atoms with Gasteiger partial charge in [0.2, 0.25) is 0 Å². The van der Waals surface area contributed by atoms with Crippen molar-refractivity contribution in [3.8, 4) is 0 Å². The third kappa shape index (κ3) is 5.57. The summed E-state index contributed by atoms with van der Waals surface area (Å²) in [5.41, 5.74) is 0.674. The Balaban J connectivity index is 4.07. The highest BCUT2D eigenvalue weighted by Crippen LogP contribution is 2.07. The van der Waals surface area contributed by atoms with Gasteiger partial charge in [0.15, 0.2) is 0 Å². The minimum absolute atomic E-state index is 0.206. The topological polar surface area (TPSA) is 35.5 Å². The molecular formula is C12H22O3. The molecule has 0 saturated carbocycles. The normalized spacial score (nSPS) is 14.1. The van der Waals surface area contributed by atoms with E-state index < -0.39 is 0 Å².